The van der Waals surface area contributed by atoms with E-state index >= 15 is 0 Å². The van der Waals surface area contributed by atoms with Crippen LogP contribution in [-0.2, 0) is 4.79 Å². The van der Waals surface area contributed by atoms with Gasteiger partial charge in [0.15, 0.2) is 5.82 Å². The highest BCUT2D eigenvalue weighted by molar-refractivity contribution is 6.32. The van der Waals surface area contributed by atoms with Crippen molar-refractivity contribution in [1.29, 1.82) is 0 Å². The summed E-state index contributed by atoms with van der Waals surface area (Å²) in [6.07, 6.45) is 3.18. The number of nitrogens with zero attached hydrogens (tertiary/aromatic N) is 3. The number of hydrogen-bond donors (Lipinski definition) is 3. The Labute approximate surface area is 136 Å². The van der Waals surface area contributed by atoms with Gasteiger partial charge in [-0.2, -0.15) is 0 Å². The fourth-order valence-corrected chi connectivity index (χ4v) is 2.62. The van der Waals surface area contributed by atoms with Crippen LogP contribution in [0.1, 0.15) is 0 Å². The first-order valence-electron chi connectivity index (χ1n) is 6.97. The van der Waals surface area contributed by atoms with Crippen molar-refractivity contribution in [3.63, 3.8) is 0 Å². The third-order valence-electron chi connectivity index (χ3n) is 3.57. The molecule has 9 heteroatoms. The lowest BCUT2D eigenvalue weighted by Crippen LogP contribution is -2.54. The van der Waals surface area contributed by atoms with E-state index in [1.807, 2.05) is 0 Å². The largest absolute Gasteiger partial charge is 0.480 e. The van der Waals surface area contributed by atoms with Crippen molar-refractivity contribution in [2.24, 2.45) is 0 Å². The van der Waals surface area contributed by atoms with Crippen LogP contribution in [0.2, 0.25) is 5.02 Å². The molecule has 0 aliphatic carbocycles. The summed E-state index contributed by atoms with van der Waals surface area (Å²) in [4.78, 5) is 35.9. The number of carboxylic acid groups (broad SMARTS) is 1. The Hall–Kier alpha value is -2.45. The molecule has 0 bridgehead atoms. The van der Waals surface area contributed by atoms with Gasteiger partial charge in [-0.1, -0.05) is 11.6 Å². The molecule has 2 aromatic heterocycles. The fraction of sp³-hybridized carbons (Fsp3) is 0.286. The number of carboxylic acids is 1. The minimum absolute atomic E-state index is 0.0474. The number of H-pyrrole nitrogens is 1. The average Bonchev–Trinajstić information content (AvgIpc) is 2.58. The Balaban J connectivity index is 2.00. The topological polar surface area (TPSA) is 111 Å². The van der Waals surface area contributed by atoms with Crippen molar-refractivity contribution in [3.05, 3.63) is 39.9 Å². The van der Waals surface area contributed by atoms with Gasteiger partial charge in [-0.15, -0.1) is 0 Å². The molecule has 120 valence electrons. The summed E-state index contributed by atoms with van der Waals surface area (Å²) in [5, 5.41) is 12.0. The lowest BCUT2D eigenvalue weighted by Gasteiger charge is -2.32. The second-order valence-corrected chi connectivity index (χ2v) is 5.46. The predicted molar refractivity (Wildman–Crippen MR) is 84.7 cm³/mol. The van der Waals surface area contributed by atoms with Gasteiger partial charge in [0.05, 0.1) is 0 Å². The third kappa shape index (κ3) is 3.17. The zero-order chi connectivity index (χ0) is 16.4. The van der Waals surface area contributed by atoms with Gasteiger partial charge in [0, 0.05) is 37.6 Å². The molecule has 0 unspecified atom stereocenters. The molecule has 1 aliphatic heterocycles. The third-order valence-corrected chi connectivity index (χ3v) is 3.91. The van der Waals surface area contributed by atoms with Crippen LogP contribution in [0.3, 0.4) is 0 Å². The Bertz CT molecular complexity index is 780. The second-order valence-electron chi connectivity index (χ2n) is 5.08. The highest BCUT2D eigenvalue weighted by atomic mass is 35.5. The molecule has 1 atom stereocenters. The van der Waals surface area contributed by atoms with Crippen molar-refractivity contribution in [2.75, 3.05) is 24.5 Å². The fourth-order valence-electron chi connectivity index (χ4n) is 2.41. The first-order valence-corrected chi connectivity index (χ1v) is 7.35. The van der Waals surface area contributed by atoms with Crippen molar-refractivity contribution in [1.82, 2.24) is 20.3 Å². The van der Waals surface area contributed by atoms with Crippen LogP contribution in [0.25, 0.3) is 11.4 Å². The van der Waals surface area contributed by atoms with E-state index in [2.05, 4.69) is 20.3 Å². The number of aliphatic carboxylic acids is 1. The van der Waals surface area contributed by atoms with Crippen LogP contribution < -0.4 is 15.8 Å². The zero-order valence-corrected chi connectivity index (χ0v) is 12.7. The van der Waals surface area contributed by atoms with Crippen molar-refractivity contribution < 1.29 is 9.90 Å². The van der Waals surface area contributed by atoms with E-state index < -0.39 is 17.6 Å². The highest BCUT2D eigenvalue weighted by Crippen LogP contribution is 2.23. The van der Waals surface area contributed by atoms with Gasteiger partial charge in [-0.25, -0.2) is 4.98 Å². The maximum Gasteiger partial charge on any atom is 0.322 e. The number of nitrogens with one attached hydrogen (secondary N) is 2. The molecule has 8 nitrogen and oxygen atoms in total. The molecular formula is C14H14ClN5O3. The normalized spacial score (nSPS) is 18.0. The Morgan fingerprint density at radius 1 is 1.39 bits per heavy atom. The number of hydrogen-bond acceptors (Lipinski definition) is 6. The van der Waals surface area contributed by atoms with Crippen LogP contribution in [0, 0.1) is 0 Å². The van der Waals surface area contributed by atoms with E-state index in [9.17, 15) is 9.59 Å². The molecular weight excluding hydrogens is 322 g/mol. The monoisotopic (exact) mass is 335 g/mol. The van der Waals surface area contributed by atoms with Crippen molar-refractivity contribution in [2.45, 2.75) is 6.04 Å². The van der Waals surface area contributed by atoms with Crippen LogP contribution >= 0.6 is 11.6 Å². The minimum atomic E-state index is -0.954. The number of carbonyl (C=O) groups is 1. The molecule has 3 N–H and O–H groups in total. The zero-order valence-electron chi connectivity index (χ0n) is 12.0. The summed E-state index contributed by atoms with van der Waals surface area (Å²) in [6, 6.07) is 2.70. The Morgan fingerprint density at radius 3 is 2.83 bits per heavy atom. The van der Waals surface area contributed by atoms with E-state index in [1.165, 1.54) is 0 Å². The standard InChI is InChI=1S/C14H14ClN5O3/c15-10-12(20-6-5-17-9(7-20)14(22)23)18-11(19-13(10)21)8-1-3-16-4-2-8/h1-4,9,17H,5-7H2,(H,22,23)(H,18,19,21)/t9-/m0/s1. The molecule has 0 aromatic carbocycles. The first kappa shape index (κ1) is 15.4. The van der Waals surface area contributed by atoms with Gasteiger partial charge in [-0.05, 0) is 12.1 Å². The van der Waals surface area contributed by atoms with E-state index in [-0.39, 0.29) is 17.4 Å². The van der Waals surface area contributed by atoms with Crippen LogP contribution in [-0.4, -0.2) is 51.7 Å². The molecule has 1 saturated heterocycles. The second kappa shape index (κ2) is 6.35. The van der Waals surface area contributed by atoms with E-state index in [0.717, 1.165) is 0 Å². The molecule has 0 saturated carbocycles. The minimum Gasteiger partial charge on any atom is -0.480 e. The van der Waals surface area contributed by atoms with Crippen molar-refractivity contribution in [3.8, 4) is 11.4 Å². The van der Waals surface area contributed by atoms with Crippen molar-refractivity contribution >= 4 is 23.4 Å². The smallest absolute Gasteiger partial charge is 0.322 e. The average molecular weight is 336 g/mol. The van der Waals surface area contributed by atoms with Gasteiger partial charge in [0.1, 0.15) is 16.9 Å². The summed E-state index contributed by atoms with van der Waals surface area (Å²) >= 11 is 6.09. The molecule has 23 heavy (non-hydrogen) atoms. The van der Waals surface area contributed by atoms with Gasteiger partial charge >= 0.3 is 5.97 Å². The van der Waals surface area contributed by atoms with Gasteiger partial charge < -0.3 is 20.3 Å². The lowest BCUT2D eigenvalue weighted by atomic mass is 10.2. The van der Waals surface area contributed by atoms with Gasteiger partial charge in [0.25, 0.3) is 5.56 Å². The maximum absolute atomic E-state index is 12.1. The molecule has 3 heterocycles. The highest BCUT2D eigenvalue weighted by Gasteiger charge is 2.27. The molecule has 1 aliphatic rings. The predicted octanol–water partition coefficient (Wildman–Crippen LogP) is 0.348. The van der Waals surface area contributed by atoms with Gasteiger partial charge in [-0.3, -0.25) is 14.6 Å². The number of halogens is 1. The number of aromatic nitrogens is 3. The molecule has 0 radical (unpaired) electrons. The van der Waals surface area contributed by atoms with Crippen LogP contribution in [0.4, 0.5) is 5.82 Å². The first-order chi connectivity index (χ1) is 11.1. The van der Waals surface area contributed by atoms with Crippen LogP contribution in [0.15, 0.2) is 29.3 Å². The lowest BCUT2D eigenvalue weighted by molar-refractivity contribution is -0.139. The quantitative estimate of drug-likeness (QED) is 0.742. The van der Waals surface area contributed by atoms with E-state index in [4.69, 9.17) is 16.7 Å². The summed E-state index contributed by atoms with van der Waals surface area (Å²) < 4.78 is 0. The number of rotatable bonds is 3. The molecule has 2 aromatic rings. The summed E-state index contributed by atoms with van der Waals surface area (Å²) in [7, 11) is 0. The molecule has 1 fully saturated rings. The number of pyridine rings is 1. The molecule has 0 spiro atoms. The number of piperazine rings is 1. The Kier molecular flexibility index (Phi) is 4.26. The summed E-state index contributed by atoms with van der Waals surface area (Å²) in [6.45, 7) is 1.16. The van der Waals surface area contributed by atoms with Gasteiger partial charge in [0.2, 0.25) is 0 Å². The summed E-state index contributed by atoms with van der Waals surface area (Å²) in [5.41, 5.74) is 0.230. The van der Waals surface area contributed by atoms with E-state index in [0.29, 0.717) is 24.5 Å². The molecule has 3 rings (SSSR count). The summed E-state index contributed by atoms with van der Waals surface area (Å²) in [5.74, 6) is -0.304. The number of aromatic amines is 1. The Morgan fingerprint density at radius 2 is 2.13 bits per heavy atom. The van der Waals surface area contributed by atoms with E-state index in [1.54, 1.807) is 29.4 Å². The SMILES string of the molecule is O=C(O)[C@@H]1CN(c2nc(-c3ccncc3)[nH]c(=O)c2Cl)CCN1. The maximum atomic E-state index is 12.1. The number of anilines is 1. The molecule has 0 amide bonds. The van der Waals surface area contributed by atoms with Crippen LogP contribution in [0.5, 0.6) is 0 Å².